The number of hydrogen-bond donors (Lipinski definition) is 2. The van der Waals surface area contributed by atoms with Crippen molar-refractivity contribution >= 4 is 5.97 Å². The van der Waals surface area contributed by atoms with Crippen LogP contribution in [0.15, 0.2) is 24.3 Å². The Morgan fingerprint density at radius 2 is 2.15 bits per heavy atom. The molecule has 1 fully saturated rings. The van der Waals surface area contributed by atoms with Crippen LogP contribution in [0.1, 0.15) is 36.8 Å². The van der Waals surface area contributed by atoms with Crippen LogP contribution in [0.5, 0.6) is 0 Å². The molecule has 4 nitrogen and oxygen atoms in total. The van der Waals surface area contributed by atoms with Crippen molar-refractivity contribution in [3.63, 3.8) is 0 Å². The van der Waals surface area contributed by atoms with E-state index in [1.54, 1.807) is 6.92 Å². The van der Waals surface area contributed by atoms with Gasteiger partial charge in [-0.25, -0.2) is 0 Å². The zero-order valence-corrected chi connectivity index (χ0v) is 12.3. The second-order valence-electron chi connectivity index (χ2n) is 5.71. The molecule has 0 spiro atoms. The summed E-state index contributed by atoms with van der Waals surface area (Å²) in [5.74, 6) is -1.22. The lowest BCUT2D eigenvalue weighted by Crippen LogP contribution is -2.35. The number of nitrogens with zero attached hydrogens (tertiary/aromatic N) is 1. The molecule has 0 saturated carbocycles. The van der Waals surface area contributed by atoms with Gasteiger partial charge in [-0.3, -0.25) is 4.79 Å². The maximum Gasteiger partial charge on any atom is 0.310 e. The lowest BCUT2D eigenvalue weighted by atomic mass is 10.00. The maximum absolute atomic E-state index is 10.9. The molecule has 110 valence electrons. The van der Waals surface area contributed by atoms with Crippen LogP contribution >= 0.6 is 0 Å². The fourth-order valence-corrected chi connectivity index (χ4v) is 2.69. The van der Waals surface area contributed by atoms with Gasteiger partial charge in [-0.05, 0) is 44.5 Å². The van der Waals surface area contributed by atoms with E-state index in [4.69, 9.17) is 5.11 Å². The smallest absolute Gasteiger partial charge is 0.310 e. The molecule has 2 N–H and O–H groups in total. The van der Waals surface area contributed by atoms with Gasteiger partial charge in [-0.1, -0.05) is 24.3 Å². The third-order valence-electron chi connectivity index (χ3n) is 4.23. The van der Waals surface area contributed by atoms with Crippen molar-refractivity contribution in [1.82, 2.24) is 10.2 Å². The van der Waals surface area contributed by atoms with E-state index in [1.165, 1.54) is 24.9 Å². The minimum absolute atomic E-state index is 0.441. The number of rotatable bonds is 6. The van der Waals surface area contributed by atoms with E-state index < -0.39 is 11.9 Å². The van der Waals surface area contributed by atoms with E-state index in [2.05, 4.69) is 17.3 Å². The molecule has 1 aromatic carbocycles. The second kappa shape index (κ2) is 6.86. The number of benzene rings is 1. The van der Waals surface area contributed by atoms with Crippen molar-refractivity contribution < 1.29 is 9.90 Å². The Labute approximate surface area is 120 Å². The van der Waals surface area contributed by atoms with Gasteiger partial charge in [0.1, 0.15) is 0 Å². The molecule has 1 aromatic rings. The standard InChI is InChI=1S/C16H24N2O2/c1-12(16(19)20)14-7-5-13(6-8-14)10-17-11-15-4-3-9-18(15)2/h5-8,12,15,17H,3-4,9-11H2,1-2H3,(H,19,20). The normalized spacial score (nSPS) is 21.0. The highest BCUT2D eigenvalue weighted by molar-refractivity contribution is 5.75. The highest BCUT2D eigenvalue weighted by atomic mass is 16.4. The number of hydrogen-bond acceptors (Lipinski definition) is 3. The first-order chi connectivity index (χ1) is 9.58. The molecule has 2 rings (SSSR count). The van der Waals surface area contributed by atoms with Gasteiger partial charge in [0.25, 0.3) is 0 Å². The molecule has 0 bridgehead atoms. The third kappa shape index (κ3) is 3.81. The van der Waals surface area contributed by atoms with E-state index in [0.717, 1.165) is 18.7 Å². The van der Waals surface area contributed by atoms with Gasteiger partial charge in [0.15, 0.2) is 0 Å². The zero-order valence-electron chi connectivity index (χ0n) is 12.3. The molecule has 2 unspecified atom stereocenters. The van der Waals surface area contributed by atoms with Crippen LogP contribution in [0.4, 0.5) is 0 Å². The predicted octanol–water partition coefficient (Wildman–Crippen LogP) is 2.06. The molecule has 0 amide bonds. The third-order valence-corrected chi connectivity index (χ3v) is 4.23. The number of carbonyl (C=O) groups is 1. The molecule has 0 aliphatic carbocycles. The van der Waals surface area contributed by atoms with Crippen LogP contribution in [-0.2, 0) is 11.3 Å². The topological polar surface area (TPSA) is 52.6 Å². The van der Waals surface area contributed by atoms with Crippen LogP contribution in [0.3, 0.4) is 0 Å². The maximum atomic E-state index is 10.9. The van der Waals surface area contributed by atoms with Gasteiger partial charge < -0.3 is 15.3 Å². The first-order valence-electron chi connectivity index (χ1n) is 7.30. The average Bonchev–Trinajstić information content (AvgIpc) is 2.84. The first-order valence-corrected chi connectivity index (χ1v) is 7.30. The highest BCUT2D eigenvalue weighted by Crippen LogP contribution is 2.16. The summed E-state index contributed by atoms with van der Waals surface area (Å²) >= 11 is 0. The van der Waals surface area contributed by atoms with Gasteiger partial charge in [0.05, 0.1) is 5.92 Å². The Hall–Kier alpha value is -1.39. The van der Waals surface area contributed by atoms with E-state index in [1.807, 2.05) is 24.3 Å². The summed E-state index contributed by atoms with van der Waals surface area (Å²) in [6.45, 7) is 4.77. The average molecular weight is 276 g/mol. The molecule has 1 saturated heterocycles. The van der Waals surface area contributed by atoms with Crippen molar-refractivity contribution in [3.8, 4) is 0 Å². The zero-order chi connectivity index (χ0) is 14.5. The molecule has 4 heteroatoms. The van der Waals surface area contributed by atoms with Gasteiger partial charge in [0.2, 0.25) is 0 Å². The fraction of sp³-hybridized carbons (Fsp3) is 0.562. The van der Waals surface area contributed by atoms with E-state index in [0.29, 0.717) is 6.04 Å². The predicted molar refractivity (Wildman–Crippen MR) is 79.9 cm³/mol. The molecule has 1 aliphatic rings. The second-order valence-corrected chi connectivity index (χ2v) is 5.71. The number of nitrogens with one attached hydrogen (secondary N) is 1. The molecule has 0 aromatic heterocycles. The van der Waals surface area contributed by atoms with Crippen molar-refractivity contribution in [1.29, 1.82) is 0 Å². The Morgan fingerprint density at radius 1 is 1.45 bits per heavy atom. The summed E-state index contributed by atoms with van der Waals surface area (Å²) in [6.07, 6.45) is 2.57. The lowest BCUT2D eigenvalue weighted by Gasteiger charge is -2.19. The van der Waals surface area contributed by atoms with E-state index >= 15 is 0 Å². The van der Waals surface area contributed by atoms with Crippen molar-refractivity contribution in [2.75, 3.05) is 20.1 Å². The Balaban J connectivity index is 1.80. The van der Waals surface area contributed by atoms with Gasteiger partial charge in [-0.2, -0.15) is 0 Å². The van der Waals surface area contributed by atoms with Crippen molar-refractivity contribution in [2.45, 2.75) is 38.3 Å². The fourth-order valence-electron chi connectivity index (χ4n) is 2.69. The monoisotopic (exact) mass is 276 g/mol. The van der Waals surface area contributed by atoms with Gasteiger partial charge in [0, 0.05) is 19.1 Å². The largest absolute Gasteiger partial charge is 0.481 e. The van der Waals surface area contributed by atoms with Crippen LogP contribution in [-0.4, -0.2) is 42.2 Å². The Kier molecular flexibility index (Phi) is 5.15. The number of carboxylic acid groups (broad SMARTS) is 1. The van der Waals surface area contributed by atoms with Gasteiger partial charge in [-0.15, -0.1) is 0 Å². The molecule has 1 aliphatic heterocycles. The van der Waals surface area contributed by atoms with Crippen LogP contribution in [0, 0.1) is 0 Å². The number of aliphatic carboxylic acids is 1. The number of likely N-dealkylation sites (N-methyl/N-ethyl adjacent to an activating group) is 1. The summed E-state index contributed by atoms with van der Waals surface area (Å²) in [4.78, 5) is 13.3. The SMILES string of the molecule is CC(C(=O)O)c1ccc(CNCC2CCCN2C)cc1. The van der Waals surface area contributed by atoms with E-state index in [9.17, 15) is 4.79 Å². The number of likely N-dealkylation sites (tertiary alicyclic amines) is 1. The Morgan fingerprint density at radius 3 is 2.70 bits per heavy atom. The summed E-state index contributed by atoms with van der Waals surface area (Å²) in [5.41, 5.74) is 2.06. The molecule has 1 heterocycles. The molecular weight excluding hydrogens is 252 g/mol. The van der Waals surface area contributed by atoms with E-state index in [-0.39, 0.29) is 0 Å². The Bertz CT molecular complexity index is 444. The summed E-state index contributed by atoms with van der Waals surface area (Å²) < 4.78 is 0. The lowest BCUT2D eigenvalue weighted by molar-refractivity contribution is -0.138. The summed E-state index contributed by atoms with van der Waals surface area (Å²) in [5, 5.41) is 12.5. The molecule has 0 radical (unpaired) electrons. The summed E-state index contributed by atoms with van der Waals surface area (Å²) in [6, 6.07) is 8.51. The van der Waals surface area contributed by atoms with Crippen LogP contribution in [0.25, 0.3) is 0 Å². The number of carboxylic acids is 1. The highest BCUT2D eigenvalue weighted by Gasteiger charge is 2.19. The van der Waals surface area contributed by atoms with Crippen molar-refractivity contribution in [3.05, 3.63) is 35.4 Å². The minimum Gasteiger partial charge on any atom is -0.481 e. The van der Waals surface area contributed by atoms with Crippen molar-refractivity contribution in [2.24, 2.45) is 0 Å². The molecular formula is C16H24N2O2. The first kappa shape index (κ1) is 15.0. The molecule has 20 heavy (non-hydrogen) atoms. The van der Waals surface area contributed by atoms with Crippen LogP contribution in [0.2, 0.25) is 0 Å². The van der Waals surface area contributed by atoms with Crippen LogP contribution < -0.4 is 5.32 Å². The van der Waals surface area contributed by atoms with Gasteiger partial charge >= 0.3 is 5.97 Å². The molecule has 2 atom stereocenters. The quantitative estimate of drug-likeness (QED) is 0.835. The minimum atomic E-state index is -0.778. The summed E-state index contributed by atoms with van der Waals surface area (Å²) in [7, 11) is 2.18.